The SMILES string of the molecule is CCCc1nc(-c2ccccn2)sc1CC(=O)O. The number of rotatable bonds is 5. The van der Waals surface area contributed by atoms with Crippen LogP contribution in [-0.2, 0) is 17.6 Å². The molecule has 2 rings (SSSR count). The first kappa shape index (κ1) is 12.7. The maximum atomic E-state index is 10.8. The highest BCUT2D eigenvalue weighted by atomic mass is 32.1. The molecule has 94 valence electrons. The summed E-state index contributed by atoms with van der Waals surface area (Å²) in [6.45, 7) is 2.06. The zero-order valence-corrected chi connectivity index (χ0v) is 10.9. The summed E-state index contributed by atoms with van der Waals surface area (Å²) in [6.07, 6.45) is 3.52. The van der Waals surface area contributed by atoms with E-state index in [0.29, 0.717) is 0 Å². The van der Waals surface area contributed by atoms with Gasteiger partial charge in [0.05, 0.1) is 17.8 Å². The second-order valence-electron chi connectivity index (χ2n) is 3.92. The molecule has 0 atom stereocenters. The summed E-state index contributed by atoms with van der Waals surface area (Å²) in [5.74, 6) is -0.816. The van der Waals surface area contributed by atoms with E-state index in [1.165, 1.54) is 11.3 Å². The molecule has 0 radical (unpaired) electrons. The fourth-order valence-corrected chi connectivity index (χ4v) is 2.77. The molecule has 1 N–H and O–H groups in total. The highest BCUT2D eigenvalue weighted by molar-refractivity contribution is 7.15. The summed E-state index contributed by atoms with van der Waals surface area (Å²) < 4.78 is 0. The van der Waals surface area contributed by atoms with Crippen LogP contribution >= 0.6 is 11.3 Å². The minimum Gasteiger partial charge on any atom is -0.481 e. The quantitative estimate of drug-likeness (QED) is 0.900. The van der Waals surface area contributed by atoms with E-state index in [0.717, 1.165) is 34.1 Å². The van der Waals surface area contributed by atoms with Crippen molar-refractivity contribution in [2.45, 2.75) is 26.2 Å². The number of nitrogens with zero attached hydrogens (tertiary/aromatic N) is 2. The molecule has 0 unspecified atom stereocenters. The number of pyridine rings is 1. The van der Waals surface area contributed by atoms with Crippen molar-refractivity contribution >= 4 is 17.3 Å². The lowest BCUT2D eigenvalue weighted by atomic mass is 10.2. The zero-order chi connectivity index (χ0) is 13.0. The standard InChI is InChI=1S/C13H14N2O2S/c1-2-5-9-11(8-12(16)17)18-13(15-9)10-6-3-4-7-14-10/h3-4,6-7H,2,5,8H2,1H3,(H,16,17). The van der Waals surface area contributed by atoms with Gasteiger partial charge in [-0.3, -0.25) is 9.78 Å². The lowest BCUT2D eigenvalue weighted by molar-refractivity contribution is -0.136. The molecular formula is C13H14N2O2S. The Kier molecular flexibility index (Phi) is 4.04. The molecule has 0 aliphatic rings. The largest absolute Gasteiger partial charge is 0.481 e. The Morgan fingerprint density at radius 1 is 1.44 bits per heavy atom. The number of carboxylic acid groups (broad SMARTS) is 1. The van der Waals surface area contributed by atoms with Gasteiger partial charge in [0.1, 0.15) is 5.01 Å². The molecular weight excluding hydrogens is 248 g/mol. The molecule has 0 amide bonds. The first-order chi connectivity index (χ1) is 8.70. The molecule has 18 heavy (non-hydrogen) atoms. The summed E-state index contributed by atoms with van der Waals surface area (Å²) in [4.78, 5) is 20.4. The van der Waals surface area contributed by atoms with Gasteiger partial charge in [-0.2, -0.15) is 0 Å². The van der Waals surface area contributed by atoms with Crippen molar-refractivity contribution in [2.24, 2.45) is 0 Å². The van der Waals surface area contributed by atoms with Crippen LogP contribution in [0.25, 0.3) is 10.7 Å². The maximum absolute atomic E-state index is 10.8. The second kappa shape index (κ2) is 5.73. The Hall–Kier alpha value is -1.75. The van der Waals surface area contributed by atoms with Gasteiger partial charge < -0.3 is 5.11 Å². The number of aryl methyl sites for hydroxylation is 1. The average Bonchev–Trinajstić information content (AvgIpc) is 2.73. The minimum atomic E-state index is -0.816. The van der Waals surface area contributed by atoms with Gasteiger partial charge in [-0.05, 0) is 18.6 Å². The Morgan fingerprint density at radius 3 is 2.89 bits per heavy atom. The number of thiazole rings is 1. The third kappa shape index (κ3) is 2.92. The summed E-state index contributed by atoms with van der Waals surface area (Å²) in [5.41, 5.74) is 1.70. The first-order valence-electron chi connectivity index (χ1n) is 5.82. The minimum absolute atomic E-state index is 0.0415. The van der Waals surface area contributed by atoms with Crippen LogP contribution in [0.4, 0.5) is 0 Å². The molecule has 0 saturated heterocycles. The third-order valence-electron chi connectivity index (χ3n) is 2.46. The molecule has 2 aromatic heterocycles. The van der Waals surface area contributed by atoms with E-state index in [9.17, 15) is 4.79 Å². The summed E-state index contributed by atoms with van der Waals surface area (Å²) in [7, 11) is 0. The van der Waals surface area contributed by atoms with E-state index >= 15 is 0 Å². The highest BCUT2D eigenvalue weighted by Gasteiger charge is 2.14. The summed E-state index contributed by atoms with van der Waals surface area (Å²) in [6, 6.07) is 5.64. The molecule has 5 heteroatoms. The van der Waals surface area contributed by atoms with Crippen LogP contribution in [0.1, 0.15) is 23.9 Å². The van der Waals surface area contributed by atoms with Crippen molar-refractivity contribution < 1.29 is 9.90 Å². The van der Waals surface area contributed by atoms with E-state index in [1.807, 2.05) is 18.2 Å². The molecule has 4 nitrogen and oxygen atoms in total. The summed E-state index contributed by atoms with van der Waals surface area (Å²) >= 11 is 1.43. The van der Waals surface area contributed by atoms with Gasteiger partial charge >= 0.3 is 5.97 Å². The van der Waals surface area contributed by atoms with E-state index in [4.69, 9.17) is 5.11 Å². The molecule has 2 aromatic rings. The third-order valence-corrected chi connectivity index (χ3v) is 3.58. The van der Waals surface area contributed by atoms with Crippen LogP contribution in [0.2, 0.25) is 0 Å². The van der Waals surface area contributed by atoms with E-state index in [-0.39, 0.29) is 6.42 Å². The van der Waals surface area contributed by atoms with Crippen LogP contribution in [-0.4, -0.2) is 21.0 Å². The number of hydrogen-bond acceptors (Lipinski definition) is 4. The number of aromatic nitrogens is 2. The highest BCUT2D eigenvalue weighted by Crippen LogP contribution is 2.27. The Morgan fingerprint density at radius 2 is 2.28 bits per heavy atom. The van der Waals surface area contributed by atoms with Crippen molar-refractivity contribution in [1.82, 2.24) is 9.97 Å². The zero-order valence-electron chi connectivity index (χ0n) is 10.1. The van der Waals surface area contributed by atoms with Crippen molar-refractivity contribution in [1.29, 1.82) is 0 Å². The number of aliphatic carboxylic acids is 1. The molecule has 0 fully saturated rings. The summed E-state index contributed by atoms with van der Waals surface area (Å²) in [5, 5.41) is 9.70. The van der Waals surface area contributed by atoms with Crippen LogP contribution in [0.3, 0.4) is 0 Å². The molecule has 0 aromatic carbocycles. The molecule has 0 saturated carbocycles. The fraction of sp³-hybridized carbons (Fsp3) is 0.308. The van der Waals surface area contributed by atoms with E-state index < -0.39 is 5.97 Å². The van der Waals surface area contributed by atoms with Crippen LogP contribution in [0, 0.1) is 0 Å². The first-order valence-corrected chi connectivity index (χ1v) is 6.64. The lowest BCUT2D eigenvalue weighted by Gasteiger charge is -1.95. The molecule has 0 aliphatic carbocycles. The topological polar surface area (TPSA) is 63.1 Å². The van der Waals surface area contributed by atoms with Crippen molar-refractivity contribution in [3.63, 3.8) is 0 Å². The number of carbonyl (C=O) groups is 1. The second-order valence-corrected chi connectivity index (χ2v) is 5.01. The Bertz CT molecular complexity index is 537. The van der Waals surface area contributed by atoms with Crippen LogP contribution < -0.4 is 0 Å². The van der Waals surface area contributed by atoms with Gasteiger partial charge in [-0.1, -0.05) is 19.4 Å². The Labute approximate surface area is 109 Å². The number of hydrogen-bond donors (Lipinski definition) is 1. The monoisotopic (exact) mass is 262 g/mol. The molecule has 0 aliphatic heterocycles. The lowest BCUT2D eigenvalue weighted by Crippen LogP contribution is -2.01. The average molecular weight is 262 g/mol. The maximum Gasteiger partial charge on any atom is 0.308 e. The van der Waals surface area contributed by atoms with Crippen molar-refractivity contribution in [2.75, 3.05) is 0 Å². The molecule has 0 spiro atoms. The van der Waals surface area contributed by atoms with Crippen molar-refractivity contribution in [3.05, 3.63) is 35.0 Å². The van der Waals surface area contributed by atoms with E-state index in [2.05, 4.69) is 16.9 Å². The van der Waals surface area contributed by atoms with Gasteiger partial charge in [0.15, 0.2) is 0 Å². The van der Waals surface area contributed by atoms with Gasteiger partial charge in [-0.15, -0.1) is 11.3 Å². The fourth-order valence-electron chi connectivity index (χ4n) is 1.69. The number of carboxylic acids is 1. The molecule has 0 bridgehead atoms. The van der Waals surface area contributed by atoms with Gasteiger partial charge in [-0.25, -0.2) is 4.98 Å². The van der Waals surface area contributed by atoms with Gasteiger partial charge in [0.25, 0.3) is 0 Å². The van der Waals surface area contributed by atoms with E-state index in [1.54, 1.807) is 6.20 Å². The van der Waals surface area contributed by atoms with Crippen molar-refractivity contribution in [3.8, 4) is 10.7 Å². The van der Waals surface area contributed by atoms with Gasteiger partial charge in [0, 0.05) is 11.1 Å². The van der Waals surface area contributed by atoms with Gasteiger partial charge in [0.2, 0.25) is 0 Å². The van der Waals surface area contributed by atoms with Crippen LogP contribution in [0.5, 0.6) is 0 Å². The molecule has 2 heterocycles. The smallest absolute Gasteiger partial charge is 0.308 e. The van der Waals surface area contributed by atoms with Crippen LogP contribution in [0.15, 0.2) is 24.4 Å². The predicted octanol–water partition coefficient (Wildman–Crippen LogP) is 2.78. The normalized spacial score (nSPS) is 10.5. The predicted molar refractivity (Wildman–Crippen MR) is 70.7 cm³/mol. The Balaban J connectivity index is 2.35.